The summed E-state index contributed by atoms with van der Waals surface area (Å²) in [6, 6.07) is 15.0. The molecule has 17 heavy (non-hydrogen) atoms. The standard InChI is InChI=1S/C14H14N2O/c15-12-6-3-4-10(9-12)8-11-5-1-2-7-13(11)14(16)17/h1-7,9H,8,15H2,(H2,16,17). The minimum Gasteiger partial charge on any atom is -0.399 e. The van der Waals surface area contributed by atoms with Gasteiger partial charge < -0.3 is 11.5 Å². The van der Waals surface area contributed by atoms with Gasteiger partial charge in [0.15, 0.2) is 0 Å². The van der Waals surface area contributed by atoms with Crippen LogP contribution in [0.15, 0.2) is 48.5 Å². The highest BCUT2D eigenvalue weighted by Gasteiger charge is 2.07. The number of carbonyl (C=O) groups is 1. The number of benzene rings is 2. The Morgan fingerprint density at radius 3 is 2.53 bits per heavy atom. The van der Waals surface area contributed by atoms with E-state index >= 15 is 0 Å². The topological polar surface area (TPSA) is 69.1 Å². The molecule has 86 valence electrons. The Hall–Kier alpha value is -2.29. The van der Waals surface area contributed by atoms with Gasteiger partial charge in [-0.05, 0) is 35.7 Å². The normalized spacial score (nSPS) is 10.1. The molecule has 0 heterocycles. The van der Waals surface area contributed by atoms with Crippen LogP contribution in [-0.4, -0.2) is 5.91 Å². The minimum atomic E-state index is -0.399. The third-order valence-electron chi connectivity index (χ3n) is 2.63. The van der Waals surface area contributed by atoms with Crippen LogP contribution in [0.4, 0.5) is 5.69 Å². The molecule has 0 saturated heterocycles. The Labute approximate surface area is 100 Å². The van der Waals surface area contributed by atoms with Gasteiger partial charge in [0.25, 0.3) is 0 Å². The van der Waals surface area contributed by atoms with E-state index in [0.717, 1.165) is 16.8 Å². The molecule has 0 saturated carbocycles. The molecule has 0 spiro atoms. The molecular formula is C14H14N2O. The summed E-state index contributed by atoms with van der Waals surface area (Å²) in [4.78, 5) is 11.3. The monoisotopic (exact) mass is 226 g/mol. The van der Waals surface area contributed by atoms with Gasteiger partial charge in [0.05, 0.1) is 0 Å². The predicted octanol–water partition coefficient (Wildman–Crippen LogP) is 1.96. The number of primary amides is 1. The number of carbonyl (C=O) groups excluding carboxylic acids is 1. The second-order valence-corrected chi connectivity index (χ2v) is 3.94. The van der Waals surface area contributed by atoms with E-state index in [1.807, 2.05) is 42.5 Å². The fraction of sp³-hybridized carbons (Fsp3) is 0.0714. The van der Waals surface area contributed by atoms with E-state index in [9.17, 15) is 4.79 Å². The molecule has 0 aromatic heterocycles. The van der Waals surface area contributed by atoms with E-state index in [-0.39, 0.29) is 0 Å². The van der Waals surface area contributed by atoms with Crippen LogP contribution in [0.25, 0.3) is 0 Å². The smallest absolute Gasteiger partial charge is 0.248 e. The van der Waals surface area contributed by atoms with Crippen LogP contribution in [0.5, 0.6) is 0 Å². The Morgan fingerprint density at radius 1 is 1.06 bits per heavy atom. The van der Waals surface area contributed by atoms with E-state index in [1.54, 1.807) is 6.07 Å². The molecule has 2 aromatic carbocycles. The van der Waals surface area contributed by atoms with Gasteiger partial charge in [-0.15, -0.1) is 0 Å². The lowest BCUT2D eigenvalue weighted by Crippen LogP contribution is -2.13. The molecular weight excluding hydrogens is 212 g/mol. The maximum absolute atomic E-state index is 11.3. The SMILES string of the molecule is NC(=O)c1ccccc1Cc1cccc(N)c1. The quantitative estimate of drug-likeness (QED) is 0.785. The van der Waals surface area contributed by atoms with Gasteiger partial charge in [0.1, 0.15) is 0 Å². The Morgan fingerprint density at radius 2 is 1.82 bits per heavy atom. The second kappa shape index (κ2) is 4.70. The Kier molecular flexibility index (Phi) is 3.10. The van der Waals surface area contributed by atoms with Crippen LogP contribution in [0, 0.1) is 0 Å². The summed E-state index contributed by atoms with van der Waals surface area (Å²) in [6.45, 7) is 0. The highest BCUT2D eigenvalue weighted by atomic mass is 16.1. The molecule has 0 aliphatic rings. The van der Waals surface area contributed by atoms with Crippen LogP contribution in [0.2, 0.25) is 0 Å². The van der Waals surface area contributed by atoms with Crippen LogP contribution >= 0.6 is 0 Å². The summed E-state index contributed by atoms with van der Waals surface area (Å²) in [5, 5.41) is 0. The van der Waals surface area contributed by atoms with Crippen molar-refractivity contribution >= 4 is 11.6 Å². The second-order valence-electron chi connectivity index (χ2n) is 3.94. The van der Waals surface area contributed by atoms with E-state index in [4.69, 9.17) is 11.5 Å². The fourth-order valence-corrected chi connectivity index (χ4v) is 1.84. The minimum absolute atomic E-state index is 0.399. The molecule has 0 bridgehead atoms. The summed E-state index contributed by atoms with van der Waals surface area (Å²) in [5.74, 6) is -0.399. The first-order valence-corrected chi connectivity index (χ1v) is 5.39. The summed E-state index contributed by atoms with van der Waals surface area (Å²) >= 11 is 0. The largest absolute Gasteiger partial charge is 0.399 e. The zero-order valence-electron chi connectivity index (χ0n) is 9.39. The van der Waals surface area contributed by atoms with Gasteiger partial charge in [-0.1, -0.05) is 30.3 Å². The van der Waals surface area contributed by atoms with Gasteiger partial charge >= 0.3 is 0 Å². The van der Waals surface area contributed by atoms with Gasteiger partial charge in [0.2, 0.25) is 5.91 Å². The van der Waals surface area contributed by atoms with Crippen molar-refractivity contribution < 1.29 is 4.79 Å². The highest BCUT2D eigenvalue weighted by Crippen LogP contribution is 2.15. The van der Waals surface area contributed by atoms with Gasteiger partial charge in [-0.25, -0.2) is 0 Å². The average Bonchev–Trinajstić information content (AvgIpc) is 2.29. The zero-order valence-corrected chi connectivity index (χ0v) is 9.39. The van der Waals surface area contributed by atoms with Crippen molar-refractivity contribution in [2.45, 2.75) is 6.42 Å². The molecule has 4 N–H and O–H groups in total. The van der Waals surface area contributed by atoms with Crippen molar-refractivity contribution in [3.05, 3.63) is 65.2 Å². The van der Waals surface area contributed by atoms with E-state index < -0.39 is 5.91 Å². The number of anilines is 1. The fourth-order valence-electron chi connectivity index (χ4n) is 1.84. The number of nitrogen functional groups attached to an aromatic ring is 1. The Bertz CT molecular complexity index is 549. The lowest BCUT2D eigenvalue weighted by molar-refractivity contribution is 0.0999. The van der Waals surface area contributed by atoms with Crippen molar-refractivity contribution in [2.75, 3.05) is 5.73 Å². The van der Waals surface area contributed by atoms with Crippen molar-refractivity contribution in [3.8, 4) is 0 Å². The number of hydrogen-bond donors (Lipinski definition) is 2. The van der Waals surface area contributed by atoms with Crippen molar-refractivity contribution in [2.24, 2.45) is 5.73 Å². The molecule has 0 unspecified atom stereocenters. The molecule has 0 aliphatic heterocycles. The van der Waals surface area contributed by atoms with Crippen LogP contribution < -0.4 is 11.5 Å². The van der Waals surface area contributed by atoms with Crippen molar-refractivity contribution in [1.29, 1.82) is 0 Å². The summed E-state index contributed by atoms with van der Waals surface area (Å²) < 4.78 is 0. The number of hydrogen-bond acceptors (Lipinski definition) is 2. The third-order valence-corrected chi connectivity index (χ3v) is 2.63. The molecule has 0 radical (unpaired) electrons. The van der Waals surface area contributed by atoms with Crippen LogP contribution in [-0.2, 0) is 6.42 Å². The van der Waals surface area contributed by atoms with E-state index in [1.165, 1.54) is 0 Å². The molecule has 0 aliphatic carbocycles. The van der Waals surface area contributed by atoms with E-state index in [0.29, 0.717) is 12.0 Å². The maximum atomic E-state index is 11.3. The molecule has 0 atom stereocenters. The maximum Gasteiger partial charge on any atom is 0.248 e. The summed E-state index contributed by atoms with van der Waals surface area (Å²) in [6.07, 6.45) is 0.657. The number of nitrogens with two attached hydrogens (primary N) is 2. The van der Waals surface area contributed by atoms with Crippen LogP contribution in [0.3, 0.4) is 0 Å². The molecule has 0 fully saturated rings. The van der Waals surface area contributed by atoms with Crippen molar-refractivity contribution in [3.63, 3.8) is 0 Å². The molecule has 1 amide bonds. The van der Waals surface area contributed by atoms with Gasteiger partial charge in [-0.3, -0.25) is 4.79 Å². The first-order valence-electron chi connectivity index (χ1n) is 5.39. The first-order chi connectivity index (χ1) is 8.16. The van der Waals surface area contributed by atoms with Crippen LogP contribution in [0.1, 0.15) is 21.5 Å². The predicted molar refractivity (Wildman–Crippen MR) is 68.6 cm³/mol. The Balaban J connectivity index is 2.33. The average molecular weight is 226 g/mol. The van der Waals surface area contributed by atoms with Crippen molar-refractivity contribution in [1.82, 2.24) is 0 Å². The molecule has 2 rings (SSSR count). The zero-order chi connectivity index (χ0) is 12.3. The van der Waals surface area contributed by atoms with Gasteiger partial charge in [0, 0.05) is 11.3 Å². The molecule has 3 heteroatoms. The third kappa shape index (κ3) is 2.64. The van der Waals surface area contributed by atoms with E-state index in [2.05, 4.69) is 0 Å². The first kappa shape index (κ1) is 11.2. The number of amides is 1. The highest BCUT2D eigenvalue weighted by molar-refractivity contribution is 5.94. The van der Waals surface area contributed by atoms with Gasteiger partial charge in [-0.2, -0.15) is 0 Å². The summed E-state index contributed by atoms with van der Waals surface area (Å²) in [7, 11) is 0. The number of rotatable bonds is 3. The molecule has 3 nitrogen and oxygen atoms in total. The lowest BCUT2D eigenvalue weighted by Gasteiger charge is -2.07. The lowest BCUT2D eigenvalue weighted by atomic mass is 9.99. The summed E-state index contributed by atoms with van der Waals surface area (Å²) in [5.41, 5.74) is 14.3. The molecule has 2 aromatic rings.